The van der Waals surface area contributed by atoms with Crippen molar-refractivity contribution in [1.29, 1.82) is 0 Å². The van der Waals surface area contributed by atoms with E-state index < -0.39 is 10.0 Å². The monoisotopic (exact) mass is 265 g/mol. The van der Waals surface area contributed by atoms with Crippen LogP contribution < -0.4 is 11.1 Å². The number of carbonyl (C=O) groups is 1. The molecule has 1 fully saturated rings. The van der Waals surface area contributed by atoms with Crippen molar-refractivity contribution < 1.29 is 13.2 Å². The van der Waals surface area contributed by atoms with E-state index in [1.807, 2.05) is 0 Å². The van der Waals surface area contributed by atoms with Gasteiger partial charge >= 0.3 is 0 Å². The zero-order valence-corrected chi connectivity index (χ0v) is 10.6. The second kappa shape index (κ2) is 5.07. The molecule has 1 heterocycles. The van der Waals surface area contributed by atoms with Crippen LogP contribution in [0.15, 0.2) is 0 Å². The van der Waals surface area contributed by atoms with Gasteiger partial charge < -0.3 is 11.1 Å². The van der Waals surface area contributed by atoms with Crippen molar-refractivity contribution in [1.82, 2.24) is 9.62 Å². The van der Waals surface area contributed by atoms with Gasteiger partial charge in [-0.05, 0) is 6.42 Å². The summed E-state index contributed by atoms with van der Waals surface area (Å²) in [6.45, 7) is 2.10. The fraction of sp³-hybridized carbons (Fsp3) is 0.750. The average molecular weight is 265 g/mol. The molecule has 1 aliphatic heterocycles. The Labute approximate surface area is 100 Å². The SMILES string of the molecule is CC(=O)NC1CCN(S(=O)(=O)CC(N)=S)C1. The summed E-state index contributed by atoms with van der Waals surface area (Å²) in [5, 5.41) is 2.69. The highest BCUT2D eigenvalue weighted by Crippen LogP contribution is 2.14. The molecular weight excluding hydrogens is 250 g/mol. The molecule has 1 aliphatic rings. The zero-order valence-electron chi connectivity index (χ0n) is 8.97. The van der Waals surface area contributed by atoms with Crippen molar-refractivity contribution in [2.24, 2.45) is 5.73 Å². The fourth-order valence-corrected chi connectivity index (χ4v) is 3.44. The lowest BCUT2D eigenvalue weighted by Crippen LogP contribution is -2.39. The summed E-state index contributed by atoms with van der Waals surface area (Å²) in [4.78, 5) is 10.8. The van der Waals surface area contributed by atoms with E-state index in [4.69, 9.17) is 5.73 Å². The highest BCUT2D eigenvalue weighted by atomic mass is 32.2. The molecule has 8 heteroatoms. The second-order valence-corrected chi connectivity index (χ2v) is 6.26. The number of nitrogens with zero attached hydrogens (tertiary/aromatic N) is 1. The predicted octanol–water partition coefficient (Wildman–Crippen LogP) is -1.19. The maximum Gasteiger partial charge on any atom is 0.220 e. The number of carbonyl (C=O) groups excluding carboxylic acids is 1. The number of amides is 1. The van der Waals surface area contributed by atoms with Gasteiger partial charge in [-0.2, -0.15) is 4.31 Å². The van der Waals surface area contributed by atoms with Crippen LogP contribution in [-0.4, -0.2) is 48.5 Å². The zero-order chi connectivity index (χ0) is 12.3. The molecule has 1 saturated heterocycles. The van der Waals surface area contributed by atoms with Crippen LogP contribution in [0.2, 0.25) is 0 Å². The first-order chi connectivity index (χ1) is 7.31. The van der Waals surface area contributed by atoms with E-state index in [0.29, 0.717) is 19.5 Å². The molecule has 0 aromatic heterocycles. The standard InChI is InChI=1S/C8H15N3O3S2/c1-6(12)10-7-2-3-11(4-7)16(13,14)5-8(9)15/h7H,2-5H2,1H3,(H2,9,15)(H,10,12). The number of sulfonamides is 1. The van der Waals surface area contributed by atoms with Crippen LogP contribution in [0.5, 0.6) is 0 Å². The van der Waals surface area contributed by atoms with Crippen LogP contribution in [0, 0.1) is 0 Å². The quantitative estimate of drug-likeness (QED) is 0.624. The van der Waals surface area contributed by atoms with E-state index in [2.05, 4.69) is 17.5 Å². The number of thiocarbonyl (C=S) groups is 1. The Morgan fingerprint density at radius 1 is 1.62 bits per heavy atom. The number of rotatable bonds is 4. The molecule has 0 spiro atoms. The van der Waals surface area contributed by atoms with Crippen molar-refractivity contribution in [2.45, 2.75) is 19.4 Å². The summed E-state index contributed by atoms with van der Waals surface area (Å²) >= 11 is 4.58. The second-order valence-electron chi connectivity index (χ2n) is 3.77. The van der Waals surface area contributed by atoms with Gasteiger partial charge in [0.05, 0.1) is 4.99 Å². The maximum absolute atomic E-state index is 11.7. The molecule has 1 rings (SSSR count). The Morgan fingerprint density at radius 2 is 2.25 bits per heavy atom. The van der Waals surface area contributed by atoms with Crippen LogP contribution in [0.1, 0.15) is 13.3 Å². The summed E-state index contributed by atoms with van der Waals surface area (Å²) in [5.41, 5.74) is 5.22. The lowest BCUT2D eigenvalue weighted by molar-refractivity contribution is -0.119. The van der Waals surface area contributed by atoms with Crippen LogP contribution >= 0.6 is 12.2 Å². The maximum atomic E-state index is 11.7. The molecule has 0 bridgehead atoms. The Hall–Kier alpha value is -0.730. The molecule has 0 aliphatic carbocycles. The minimum Gasteiger partial charge on any atom is -0.392 e. The number of nitrogens with two attached hydrogens (primary N) is 1. The Bertz CT molecular complexity index is 393. The lowest BCUT2D eigenvalue weighted by atomic mass is 10.3. The molecule has 1 atom stereocenters. The number of hydrogen-bond acceptors (Lipinski definition) is 4. The lowest BCUT2D eigenvalue weighted by Gasteiger charge is -2.16. The Kier molecular flexibility index (Phi) is 4.22. The molecule has 0 saturated carbocycles. The van der Waals surface area contributed by atoms with Crippen LogP contribution in [0.4, 0.5) is 0 Å². The van der Waals surface area contributed by atoms with E-state index in [9.17, 15) is 13.2 Å². The van der Waals surface area contributed by atoms with Crippen LogP contribution in [0.25, 0.3) is 0 Å². The summed E-state index contributed by atoms with van der Waals surface area (Å²) in [6, 6.07) is -0.112. The number of hydrogen-bond donors (Lipinski definition) is 2. The third-order valence-electron chi connectivity index (χ3n) is 2.28. The molecule has 1 amide bonds. The van der Waals surface area contributed by atoms with Crippen molar-refractivity contribution in [3.05, 3.63) is 0 Å². The highest BCUT2D eigenvalue weighted by molar-refractivity contribution is 7.92. The summed E-state index contributed by atoms with van der Waals surface area (Å²) in [6.07, 6.45) is 0.621. The Morgan fingerprint density at radius 3 is 2.75 bits per heavy atom. The van der Waals surface area contributed by atoms with Crippen molar-refractivity contribution in [2.75, 3.05) is 18.8 Å². The third-order valence-corrected chi connectivity index (χ3v) is 4.40. The third kappa shape index (κ3) is 3.69. The predicted molar refractivity (Wildman–Crippen MR) is 64.4 cm³/mol. The fourth-order valence-electron chi connectivity index (χ4n) is 1.66. The van der Waals surface area contributed by atoms with Crippen LogP contribution in [0.3, 0.4) is 0 Å². The molecule has 1 unspecified atom stereocenters. The largest absolute Gasteiger partial charge is 0.392 e. The summed E-state index contributed by atoms with van der Waals surface area (Å²) < 4.78 is 24.8. The molecular formula is C8H15N3O3S2. The average Bonchev–Trinajstić information content (AvgIpc) is 2.49. The van der Waals surface area contributed by atoms with E-state index >= 15 is 0 Å². The van der Waals surface area contributed by atoms with E-state index in [0.717, 1.165) is 0 Å². The van der Waals surface area contributed by atoms with Gasteiger partial charge in [0.1, 0.15) is 5.75 Å². The van der Waals surface area contributed by atoms with E-state index in [1.54, 1.807) is 0 Å². The summed E-state index contributed by atoms with van der Waals surface area (Å²) in [7, 11) is -3.41. The van der Waals surface area contributed by atoms with Crippen molar-refractivity contribution in [3.63, 3.8) is 0 Å². The first kappa shape index (κ1) is 13.3. The van der Waals surface area contributed by atoms with Gasteiger partial charge in [0.25, 0.3) is 0 Å². The van der Waals surface area contributed by atoms with Gasteiger partial charge in [-0.1, -0.05) is 12.2 Å². The van der Waals surface area contributed by atoms with Gasteiger partial charge in [-0.3, -0.25) is 4.79 Å². The van der Waals surface area contributed by atoms with Gasteiger partial charge in [-0.15, -0.1) is 0 Å². The molecule has 0 aromatic carbocycles. The molecule has 0 aromatic rings. The highest BCUT2D eigenvalue weighted by Gasteiger charge is 2.31. The minimum atomic E-state index is -3.41. The minimum absolute atomic E-state index is 0.0389. The van der Waals surface area contributed by atoms with Gasteiger partial charge in [-0.25, -0.2) is 8.42 Å². The van der Waals surface area contributed by atoms with Gasteiger partial charge in [0.15, 0.2) is 0 Å². The molecule has 92 valence electrons. The molecule has 6 nitrogen and oxygen atoms in total. The first-order valence-corrected chi connectivity index (χ1v) is 6.86. The molecule has 0 radical (unpaired) electrons. The van der Waals surface area contributed by atoms with E-state index in [1.165, 1.54) is 11.2 Å². The normalized spacial score (nSPS) is 21.9. The van der Waals surface area contributed by atoms with Gasteiger partial charge in [0, 0.05) is 26.1 Å². The van der Waals surface area contributed by atoms with Gasteiger partial charge in [0.2, 0.25) is 15.9 Å². The topological polar surface area (TPSA) is 92.5 Å². The smallest absolute Gasteiger partial charge is 0.220 e. The first-order valence-electron chi connectivity index (χ1n) is 4.84. The summed E-state index contributed by atoms with van der Waals surface area (Å²) in [5.74, 6) is -0.464. The molecule has 3 N–H and O–H groups in total. The van der Waals surface area contributed by atoms with E-state index in [-0.39, 0.29) is 22.7 Å². The van der Waals surface area contributed by atoms with Crippen molar-refractivity contribution in [3.8, 4) is 0 Å². The Balaban J connectivity index is 2.59. The van der Waals surface area contributed by atoms with Crippen LogP contribution in [-0.2, 0) is 14.8 Å². The van der Waals surface area contributed by atoms with Crippen molar-refractivity contribution >= 4 is 33.1 Å². The number of nitrogens with one attached hydrogen (secondary N) is 1. The molecule has 16 heavy (non-hydrogen) atoms.